The molecular weight excluding hydrogens is 607 g/mol. The summed E-state index contributed by atoms with van der Waals surface area (Å²) >= 11 is 6.91. The minimum atomic E-state index is -0.534. The predicted octanol–water partition coefficient (Wildman–Crippen LogP) is 6.54. The number of phenols is 1. The SMILES string of the molecule is CN(C)C1CN(c2nc(N3CCC4(CC3)CN(C(=O)OC(C)(C)C)C4)c3cc(Cl)c(-c4cc(O)cc5ccccc45)c(F)c3n2)C1. The van der Waals surface area contributed by atoms with Crippen LogP contribution in [-0.2, 0) is 4.74 Å². The van der Waals surface area contributed by atoms with Crippen LogP contribution in [0.2, 0.25) is 5.02 Å². The minimum absolute atomic E-state index is 0.0344. The number of anilines is 2. The van der Waals surface area contributed by atoms with E-state index in [1.54, 1.807) is 23.1 Å². The number of aromatic hydroxyl groups is 1. The number of halogens is 2. The molecule has 1 spiro atoms. The van der Waals surface area contributed by atoms with E-state index in [0.717, 1.165) is 36.7 Å². The summed E-state index contributed by atoms with van der Waals surface area (Å²) in [4.78, 5) is 30.7. The quantitative estimate of drug-likeness (QED) is 0.268. The van der Waals surface area contributed by atoms with Crippen molar-refractivity contribution in [1.82, 2.24) is 19.8 Å². The van der Waals surface area contributed by atoms with Crippen LogP contribution in [0.25, 0.3) is 32.8 Å². The van der Waals surface area contributed by atoms with Gasteiger partial charge in [0.05, 0.1) is 5.02 Å². The lowest BCUT2D eigenvalue weighted by atomic mass is 9.72. The Hall–Kier alpha value is -3.89. The van der Waals surface area contributed by atoms with Crippen molar-refractivity contribution >= 4 is 51.1 Å². The number of likely N-dealkylation sites (tertiary alicyclic amines) is 1. The molecule has 3 aliphatic heterocycles. The number of likely N-dealkylation sites (N-methyl/N-ethyl adjacent to an activating group) is 1. The van der Waals surface area contributed by atoms with Crippen LogP contribution < -0.4 is 9.80 Å². The van der Waals surface area contributed by atoms with Gasteiger partial charge in [-0.3, -0.25) is 0 Å². The third-order valence-corrected chi connectivity index (χ3v) is 9.97. The first kappa shape index (κ1) is 30.7. The third kappa shape index (κ3) is 5.45. The van der Waals surface area contributed by atoms with Crippen LogP contribution in [0, 0.1) is 11.2 Å². The molecule has 4 heterocycles. The van der Waals surface area contributed by atoms with Crippen LogP contribution in [0.5, 0.6) is 5.75 Å². The molecule has 3 fully saturated rings. The van der Waals surface area contributed by atoms with E-state index in [2.05, 4.69) is 28.8 Å². The zero-order valence-corrected chi connectivity index (χ0v) is 27.7. The Morgan fingerprint density at radius 2 is 1.74 bits per heavy atom. The van der Waals surface area contributed by atoms with Crippen LogP contribution in [0.4, 0.5) is 21.0 Å². The highest BCUT2D eigenvalue weighted by molar-refractivity contribution is 6.35. The molecule has 0 unspecified atom stereocenters. The van der Waals surface area contributed by atoms with Crippen molar-refractivity contribution in [3.05, 3.63) is 53.3 Å². The number of aromatic nitrogens is 2. The van der Waals surface area contributed by atoms with Crippen molar-refractivity contribution in [2.45, 2.75) is 45.3 Å². The van der Waals surface area contributed by atoms with Gasteiger partial charge in [0.1, 0.15) is 22.7 Å². The van der Waals surface area contributed by atoms with Gasteiger partial charge in [0, 0.05) is 61.7 Å². The molecule has 9 nitrogen and oxygen atoms in total. The summed E-state index contributed by atoms with van der Waals surface area (Å²) < 4.78 is 22.4. The van der Waals surface area contributed by atoms with Crippen LogP contribution in [0.1, 0.15) is 33.6 Å². The zero-order valence-electron chi connectivity index (χ0n) is 27.0. The minimum Gasteiger partial charge on any atom is -0.508 e. The van der Waals surface area contributed by atoms with E-state index in [4.69, 9.17) is 26.3 Å². The molecule has 1 aromatic heterocycles. The number of rotatable bonds is 4. The van der Waals surface area contributed by atoms with Gasteiger partial charge >= 0.3 is 6.09 Å². The van der Waals surface area contributed by atoms with Gasteiger partial charge in [-0.15, -0.1) is 0 Å². The Balaban J connectivity index is 1.25. The van der Waals surface area contributed by atoms with Gasteiger partial charge in [0.25, 0.3) is 0 Å². The first-order chi connectivity index (χ1) is 21.8. The fourth-order valence-corrected chi connectivity index (χ4v) is 7.27. The molecule has 0 bridgehead atoms. The molecule has 4 aromatic rings. The molecule has 7 rings (SSSR count). The number of fused-ring (bicyclic) bond motifs is 2. The van der Waals surface area contributed by atoms with Crippen molar-refractivity contribution in [3.63, 3.8) is 0 Å². The number of carbonyl (C=O) groups is 1. The number of ether oxygens (including phenoxy) is 1. The second-order valence-corrected chi connectivity index (χ2v) is 14.8. The maximum Gasteiger partial charge on any atom is 0.410 e. The molecule has 242 valence electrons. The second kappa shape index (κ2) is 11.1. The number of nitrogens with zero attached hydrogens (tertiary/aromatic N) is 6. The van der Waals surface area contributed by atoms with Crippen molar-refractivity contribution in [3.8, 4) is 16.9 Å². The summed E-state index contributed by atoms with van der Waals surface area (Å²) in [5.74, 6) is 0.661. The highest BCUT2D eigenvalue weighted by Gasteiger charge is 2.48. The lowest BCUT2D eigenvalue weighted by Crippen LogP contribution is -2.62. The van der Waals surface area contributed by atoms with Crippen molar-refractivity contribution in [2.75, 3.05) is 63.2 Å². The number of amides is 1. The van der Waals surface area contributed by atoms with E-state index >= 15 is 4.39 Å². The van der Waals surface area contributed by atoms with Crippen LogP contribution in [0.3, 0.4) is 0 Å². The first-order valence-electron chi connectivity index (χ1n) is 15.9. The van der Waals surface area contributed by atoms with Gasteiger partial charge in [-0.1, -0.05) is 35.9 Å². The number of hydrogen-bond donors (Lipinski definition) is 1. The predicted molar refractivity (Wildman–Crippen MR) is 180 cm³/mol. The fraction of sp³-hybridized carbons (Fsp3) is 0.457. The van der Waals surface area contributed by atoms with Crippen LogP contribution in [0.15, 0.2) is 42.5 Å². The summed E-state index contributed by atoms with van der Waals surface area (Å²) in [7, 11) is 4.10. The van der Waals surface area contributed by atoms with Gasteiger partial charge < -0.3 is 29.4 Å². The maximum absolute atomic E-state index is 16.9. The Labute approximate surface area is 273 Å². The molecule has 3 aliphatic rings. The van der Waals surface area contributed by atoms with Gasteiger partial charge in [-0.2, -0.15) is 4.98 Å². The van der Waals surface area contributed by atoms with Crippen molar-refractivity contribution < 1.29 is 19.0 Å². The van der Waals surface area contributed by atoms with Crippen LogP contribution >= 0.6 is 11.6 Å². The van der Waals surface area contributed by atoms with E-state index < -0.39 is 11.4 Å². The molecule has 3 aromatic carbocycles. The highest BCUT2D eigenvalue weighted by Crippen LogP contribution is 2.45. The number of phenolic OH excluding ortho intramolecular Hbond substituents is 1. The molecule has 1 N–H and O–H groups in total. The molecule has 0 atom stereocenters. The molecule has 1 amide bonds. The van der Waals surface area contributed by atoms with Gasteiger partial charge in [-0.05, 0) is 82.2 Å². The molecule has 0 radical (unpaired) electrons. The lowest BCUT2D eigenvalue weighted by molar-refractivity contribution is -0.0434. The Morgan fingerprint density at radius 3 is 2.41 bits per heavy atom. The monoisotopic (exact) mass is 646 g/mol. The molecule has 0 aliphatic carbocycles. The Bertz CT molecular complexity index is 1840. The highest BCUT2D eigenvalue weighted by atomic mass is 35.5. The molecule has 11 heteroatoms. The number of benzene rings is 3. The van der Waals surface area contributed by atoms with Gasteiger partial charge in [0.2, 0.25) is 5.95 Å². The van der Waals surface area contributed by atoms with Crippen LogP contribution in [-0.4, -0.2) is 96.0 Å². The Kier molecular flexibility index (Phi) is 7.44. The number of carbonyl (C=O) groups excluding carboxylic acids is 1. The van der Waals surface area contributed by atoms with E-state index in [9.17, 15) is 9.90 Å². The molecule has 0 saturated carbocycles. The largest absolute Gasteiger partial charge is 0.508 e. The lowest BCUT2D eigenvalue weighted by Gasteiger charge is -2.53. The average Bonchev–Trinajstić information content (AvgIpc) is 2.94. The summed E-state index contributed by atoms with van der Waals surface area (Å²) in [6.07, 6.45) is 1.49. The van der Waals surface area contributed by atoms with Crippen molar-refractivity contribution in [2.24, 2.45) is 5.41 Å². The number of hydrogen-bond acceptors (Lipinski definition) is 8. The normalized spacial score (nSPS) is 18.4. The second-order valence-electron chi connectivity index (χ2n) is 14.4. The molecule has 3 saturated heterocycles. The first-order valence-corrected chi connectivity index (χ1v) is 16.2. The fourth-order valence-electron chi connectivity index (χ4n) is 6.97. The number of piperidine rings is 1. The van der Waals surface area contributed by atoms with E-state index in [0.29, 0.717) is 54.9 Å². The smallest absolute Gasteiger partial charge is 0.410 e. The van der Waals surface area contributed by atoms with Gasteiger partial charge in [-0.25, -0.2) is 14.2 Å². The molecular formula is C35H40ClFN6O3. The topological polar surface area (TPSA) is 85.3 Å². The van der Waals surface area contributed by atoms with Gasteiger partial charge in [0.15, 0.2) is 5.82 Å². The van der Waals surface area contributed by atoms with E-state index in [1.807, 2.05) is 45.0 Å². The van der Waals surface area contributed by atoms with Crippen molar-refractivity contribution in [1.29, 1.82) is 0 Å². The standard InChI is InChI=1S/C35H40ClFN6O3/c1-34(2,3)46-33(45)43-19-35(20-43)10-12-41(13-11-35)31-26-16-27(36)28(25-15-23(44)14-21-8-6-7-9-24(21)25)29(37)30(26)38-32(39-31)42-17-22(18-42)40(4)5/h6-9,14-16,22,44H,10-13,17-20H2,1-5H3. The summed E-state index contributed by atoms with van der Waals surface area (Å²) in [5.41, 5.74) is 0.448. The maximum atomic E-state index is 16.9. The Morgan fingerprint density at radius 1 is 1.04 bits per heavy atom. The zero-order chi connectivity index (χ0) is 32.5. The van der Waals surface area contributed by atoms with E-state index in [-0.39, 0.29) is 33.4 Å². The third-order valence-electron chi connectivity index (χ3n) is 9.67. The molecule has 46 heavy (non-hydrogen) atoms. The summed E-state index contributed by atoms with van der Waals surface area (Å²) in [6, 6.07) is 12.9. The average molecular weight is 647 g/mol. The summed E-state index contributed by atoms with van der Waals surface area (Å²) in [6.45, 7) is 9.91. The summed E-state index contributed by atoms with van der Waals surface area (Å²) in [5, 5.41) is 12.9. The van der Waals surface area contributed by atoms with E-state index in [1.165, 1.54) is 0 Å².